The Hall–Kier alpha value is -0.200. The molecule has 21 heavy (non-hydrogen) atoms. The van der Waals surface area contributed by atoms with Gasteiger partial charge in [0.15, 0.2) is 6.29 Å². The first-order valence-electron chi connectivity index (χ1n) is 8.07. The second kappa shape index (κ2) is 4.65. The average Bonchev–Trinajstić information content (AvgIpc) is 2.32. The second-order valence-electron chi connectivity index (χ2n) is 8.28. The van der Waals surface area contributed by atoms with Gasteiger partial charge in [-0.2, -0.15) is 0 Å². The average molecular weight is 300 g/mol. The van der Waals surface area contributed by atoms with Gasteiger partial charge in [0.2, 0.25) is 0 Å². The van der Waals surface area contributed by atoms with Gasteiger partial charge in [0.1, 0.15) is 0 Å². The molecule has 0 aromatic carbocycles. The number of aliphatic hydroxyl groups excluding tert-OH is 2. The Kier molecular flexibility index (Phi) is 3.47. The molecule has 4 N–H and O–H groups in total. The first kappa shape index (κ1) is 15.7. The van der Waals surface area contributed by atoms with Gasteiger partial charge < -0.3 is 25.2 Å². The summed E-state index contributed by atoms with van der Waals surface area (Å²) in [6.45, 7) is 3.55. The van der Waals surface area contributed by atoms with Gasteiger partial charge in [-0.05, 0) is 31.6 Å². The maximum atomic E-state index is 10.7. The number of hydrogen-bond acceptors (Lipinski definition) is 5. The quantitative estimate of drug-likeness (QED) is 0.567. The van der Waals surface area contributed by atoms with Gasteiger partial charge in [0.25, 0.3) is 0 Å². The summed E-state index contributed by atoms with van der Waals surface area (Å²) in [5, 5.41) is 41.4. The lowest BCUT2D eigenvalue weighted by Crippen LogP contribution is -2.67. The van der Waals surface area contributed by atoms with Crippen molar-refractivity contribution >= 4 is 0 Å². The Morgan fingerprint density at radius 2 is 1.71 bits per heavy atom. The fraction of sp³-hybridized carbons (Fsp3) is 1.00. The van der Waals surface area contributed by atoms with Crippen LogP contribution in [0.15, 0.2) is 0 Å². The maximum absolute atomic E-state index is 10.7. The summed E-state index contributed by atoms with van der Waals surface area (Å²) in [7, 11) is 0. The summed E-state index contributed by atoms with van der Waals surface area (Å²) in [5.74, 6) is 0.255. The van der Waals surface area contributed by atoms with E-state index in [-0.39, 0.29) is 12.5 Å². The molecule has 0 aromatic heterocycles. The highest BCUT2D eigenvalue weighted by molar-refractivity contribution is 5.16. The minimum absolute atomic E-state index is 0.154. The van der Waals surface area contributed by atoms with Crippen LogP contribution in [0.25, 0.3) is 0 Å². The van der Waals surface area contributed by atoms with Gasteiger partial charge in [0.05, 0.1) is 23.4 Å². The Balaban J connectivity index is 1.82. The van der Waals surface area contributed by atoms with Crippen LogP contribution < -0.4 is 0 Å². The molecule has 0 saturated heterocycles. The zero-order valence-corrected chi connectivity index (χ0v) is 13.0. The molecule has 4 fully saturated rings. The van der Waals surface area contributed by atoms with Crippen molar-refractivity contribution in [2.45, 2.75) is 81.9 Å². The first-order valence-corrected chi connectivity index (χ1v) is 8.07. The molecule has 0 aromatic rings. The van der Waals surface area contributed by atoms with Gasteiger partial charge >= 0.3 is 0 Å². The van der Waals surface area contributed by atoms with Crippen molar-refractivity contribution in [3.05, 3.63) is 0 Å². The van der Waals surface area contributed by atoms with E-state index in [4.69, 9.17) is 4.74 Å². The molecule has 0 amide bonds. The lowest BCUT2D eigenvalue weighted by atomic mass is 9.50. The summed E-state index contributed by atoms with van der Waals surface area (Å²) < 4.78 is 6.00. The number of rotatable bonds is 5. The van der Waals surface area contributed by atoms with Crippen LogP contribution in [0.3, 0.4) is 0 Å². The molecule has 122 valence electrons. The van der Waals surface area contributed by atoms with Crippen LogP contribution in [0.5, 0.6) is 0 Å². The van der Waals surface area contributed by atoms with E-state index in [0.717, 1.165) is 19.3 Å². The highest BCUT2D eigenvalue weighted by Crippen LogP contribution is 2.61. The monoisotopic (exact) mass is 300 g/mol. The van der Waals surface area contributed by atoms with Crippen LogP contribution in [0, 0.1) is 11.3 Å². The van der Waals surface area contributed by atoms with E-state index < -0.39 is 28.5 Å². The summed E-state index contributed by atoms with van der Waals surface area (Å²) in [4.78, 5) is 0. The summed E-state index contributed by atoms with van der Waals surface area (Å²) >= 11 is 0. The van der Waals surface area contributed by atoms with Crippen molar-refractivity contribution in [2.75, 3.05) is 6.61 Å². The van der Waals surface area contributed by atoms with Crippen molar-refractivity contribution in [1.29, 1.82) is 0 Å². The third-order valence-electron chi connectivity index (χ3n) is 6.09. The van der Waals surface area contributed by atoms with E-state index >= 15 is 0 Å². The van der Waals surface area contributed by atoms with Crippen LogP contribution in [0.2, 0.25) is 0 Å². The van der Waals surface area contributed by atoms with Gasteiger partial charge in [-0.3, -0.25) is 0 Å². The lowest BCUT2D eigenvalue weighted by Gasteiger charge is -2.63. The Morgan fingerprint density at radius 3 is 2.14 bits per heavy atom. The molecular weight excluding hydrogens is 272 g/mol. The molecule has 0 aliphatic heterocycles. The predicted octanol–water partition coefficient (Wildman–Crippen LogP) is 0.929. The van der Waals surface area contributed by atoms with E-state index in [2.05, 4.69) is 0 Å². The van der Waals surface area contributed by atoms with E-state index in [1.807, 2.05) is 6.92 Å². The number of ether oxygens (including phenoxy) is 1. The van der Waals surface area contributed by atoms with Crippen molar-refractivity contribution in [3.8, 4) is 0 Å². The Labute approximate surface area is 125 Å². The molecule has 5 nitrogen and oxygen atoms in total. The summed E-state index contributed by atoms with van der Waals surface area (Å²) in [6.07, 6.45) is 3.10. The second-order valence-corrected chi connectivity index (χ2v) is 8.28. The van der Waals surface area contributed by atoms with Crippen molar-refractivity contribution in [1.82, 2.24) is 0 Å². The zero-order valence-electron chi connectivity index (χ0n) is 13.0. The smallest absolute Gasteiger partial charge is 0.162 e. The molecule has 0 radical (unpaired) electrons. The molecule has 4 aliphatic rings. The molecule has 5 heteroatoms. The Bertz CT molecular complexity index is 401. The summed E-state index contributed by atoms with van der Waals surface area (Å²) in [6, 6.07) is 0. The minimum Gasteiger partial charge on any atom is -0.396 e. The lowest BCUT2D eigenvalue weighted by molar-refractivity contribution is -0.320. The van der Waals surface area contributed by atoms with E-state index in [1.54, 1.807) is 6.92 Å². The first-order chi connectivity index (χ1) is 9.66. The fourth-order valence-electron chi connectivity index (χ4n) is 5.12. The van der Waals surface area contributed by atoms with E-state index in [0.29, 0.717) is 25.7 Å². The highest BCUT2D eigenvalue weighted by atomic mass is 16.6. The van der Waals surface area contributed by atoms with Gasteiger partial charge in [-0.15, -0.1) is 0 Å². The standard InChI is InChI=1S/C16H28O5/c1-3-13(2,10-17)12(18)21-16-6-11-4-14(19,8-16)7-15(20,5-11)9-16/h11-12,17-20H,3-10H2,1-2H3/t11?,12-,13?,14?,15?,16?/m1/s1. The fourth-order valence-corrected chi connectivity index (χ4v) is 5.12. The zero-order chi connectivity index (χ0) is 15.5. The molecule has 4 aliphatic carbocycles. The third-order valence-corrected chi connectivity index (χ3v) is 6.09. The van der Waals surface area contributed by atoms with Gasteiger partial charge in [-0.25, -0.2) is 0 Å². The molecule has 0 heterocycles. The minimum atomic E-state index is -1.09. The van der Waals surface area contributed by atoms with Gasteiger partial charge in [-0.1, -0.05) is 13.8 Å². The number of aliphatic hydroxyl groups is 4. The number of hydrogen-bond donors (Lipinski definition) is 4. The molecular formula is C16H28O5. The molecule has 0 spiro atoms. The molecule has 4 rings (SSSR count). The SMILES string of the molecule is CCC(C)(CO)[C@H](O)OC12CC3CC(O)(CC(O)(C3)C1)C2. The van der Waals surface area contributed by atoms with Crippen LogP contribution >= 0.6 is 0 Å². The molecule has 4 saturated carbocycles. The van der Waals surface area contributed by atoms with Crippen LogP contribution in [0.1, 0.15) is 58.8 Å². The predicted molar refractivity (Wildman–Crippen MR) is 76.4 cm³/mol. The van der Waals surface area contributed by atoms with Crippen LogP contribution in [0.4, 0.5) is 0 Å². The molecule has 4 bridgehead atoms. The van der Waals surface area contributed by atoms with Crippen molar-refractivity contribution < 1.29 is 25.2 Å². The van der Waals surface area contributed by atoms with Crippen molar-refractivity contribution in [2.24, 2.45) is 11.3 Å². The van der Waals surface area contributed by atoms with E-state index in [9.17, 15) is 20.4 Å². The van der Waals surface area contributed by atoms with E-state index in [1.165, 1.54) is 0 Å². The van der Waals surface area contributed by atoms with Crippen molar-refractivity contribution in [3.63, 3.8) is 0 Å². The molecule has 3 unspecified atom stereocenters. The largest absolute Gasteiger partial charge is 0.396 e. The highest BCUT2D eigenvalue weighted by Gasteiger charge is 2.64. The normalized spacial score (nSPS) is 49.1. The van der Waals surface area contributed by atoms with Crippen LogP contribution in [-0.2, 0) is 4.74 Å². The maximum Gasteiger partial charge on any atom is 0.162 e. The molecule has 4 atom stereocenters. The summed E-state index contributed by atoms with van der Waals surface area (Å²) in [5.41, 5.74) is -3.10. The van der Waals surface area contributed by atoms with Crippen LogP contribution in [-0.4, -0.2) is 50.1 Å². The van der Waals surface area contributed by atoms with Gasteiger partial charge in [0, 0.05) is 24.7 Å². The Morgan fingerprint density at radius 1 is 1.14 bits per heavy atom. The third kappa shape index (κ3) is 2.53. The topological polar surface area (TPSA) is 90.2 Å².